The van der Waals surface area contributed by atoms with Crippen LogP contribution in [0.5, 0.6) is 0 Å². The van der Waals surface area contributed by atoms with E-state index in [9.17, 15) is 4.79 Å². The van der Waals surface area contributed by atoms with E-state index >= 15 is 0 Å². The number of hydrogen-bond donors (Lipinski definition) is 0. The van der Waals surface area contributed by atoms with Gasteiger partial charge in [0.25, 0.3) is 5.56 Å². The molecule has 0 aromatic carbocycles. The molecule has 1 aliphatic carbocycles. The predicted octanol–water partition coefficient (Wildman–Crippen LogP) is 4.93. The summed E-state index contributed by atoms with van der Waals surface area (Å²) >= 11 is 4.70. The van der Waals surface area contributed by atoms with Crippen LogP contribution in [0.1, 0.15) is 29.2 Å². The van der Waals surface area contributed by atoms with Crippen molar-refractivity contribution in [2.75, 3.05) is 0 Å². The van der Waals surface area contributed by atoms with E-state index in [2.05, 4.69) is 16.7 Å². The molecule has 6 nitrogen and oxygen atoms in total. The largest absolute Gasteiger partial charge is 0.338 e. The molecule has 0 amide bonds. The zero-order valence-corrected chi connectivity index (χ0v) is 18.0. The third-order valence-electron chi connectivity index (χ3n) is 4.92. The van der Waals surface area contributed by atoms with E-state index in [1.54, 1.807) is 33.3 Å². The maximum atomic E-state index is 13.3. The smallest absolute Gasteiger partial charge is 0.263 e. The molecule has 0 aliphatic heterocycles. The molecule has 0 N–H and O–H groups in total. The molecule has 0 radical (unpaired) electrons. The molecule has 148 valence electrons. The highest BCUT2D eigenvalue weighted by Gasteiger charge is 2.22. The zero-order valence-electron chi connectivity index (χ0n) is 15.6. The van der Waals surface area contributed by atoms with Crippen LogP contribution in [0.25, 0.3) is 21.6 Å². The number of rotatable bonds is 6. The minimum Gasteiger partial charge on any atom is -0.338 e. The summed E-state index contributed by atoms with van der Waals surface area (Å²) in [6, 6.07) is 1.96. The molecule has 0 saturated heterocycles. The predicted molar refractivity (Wildman–Crippen MR) is 118 cm³/mol. The number of thiophene rings is 2. The van der Waals surface area contributed by atoms with E-state index in [1.807, 2.05) is 16.8 Å². The fourth-order valence-electron chi connectivity index (χ4n) is 3.57. The van der Waals surface area contributed by atoms with Crippen molar-refractivity contribution in [1.82, 2.24) is 19.7 Å². The Morgan fingerprint density at radius 3 is 3.03 bits per heavy atom. The number of aromatic nitrogens is 4. The molecule has 29 heavy (non-hydrogen) atoms. The van der Waals surface area contributed by atoms with Crippen LogP contribution in [0.15, 0.2) is 44.0 Å². The van der Waals surface area contributed by atoms with Crippen LogP contribution in [0.4, 0.5) is 0 Å². The molecule has 4 aromatic heterocycles. The lowest BCUT2D eigenvalue weighted by Crippen LogP contribution is -2.23. The Balaban J connectivity index is 1.48. The van der Waals surface area contributed by atoms with Crippen molar-refractivity contribution in [1.29, 1.82) is 0 Å². The Bertz CT molecular complexity index is 1240. The highest BCUT2D eigenvalue weighted by Crippen LogP contribution is 2.35. The standard InChI is InChI=1S/C20H18N4O2S3/c1-2-8-24-19(25)16-13-5-3-4-6-14(13)29-18(16)22-20(24)28-11-15-21-17(23-26-15)12-7-9-27-10-12/h2,7,9-10H,1,3-6,8,11H2. The van der Waals surface area contributed by atoms with Crippen LogP contribution in [0, 0.1) is 0 Å². The van der Waals surface area contributed by atoms with Crippen LogP contribution in [0.2, 0.25) is 0 Å². The summed E-state index contributed by atoms with van der Waals surface area (Å²) in [5, 5.41) is 9.47. The van der Waals surface area contributed by atoms with Gasteiger partial charge in [-0.05, 0) is 42.7 Å². The SMILES string of the molecule is C=CCn1c(SCc2nc(-c3ccsc3)no2)nc2sc3c(c2c1=O)CCCC3. The van der Waals surface area contributed by atoms with E-state index < -0.39 is 0 Å². The second kappa shape index (κ2) is 7.89. The monoisotopic (exact) mass is 442 g/mol. The third kappa shape index (κ3) is 3.47. The summed E-state index contributed by atoms with van der Waals surface area (Å²) in [4.78, 5) is 24.7. The molecular weight excluding hydrogens is 424 g/mol. The Morgan fingerprint density at radius 1 is 1.31 bits per heavy atom. The topological polar surface area (TPSA) is 73.8 Å². The van der Waals surface area contributed by atoms with Gasteiger partial charge < -0.3 is 4.52 Å². The van der Waals surface area contributed by atoms with Crippen LogP contribution in [-0.4, -0.2) is 19.7 Å². The van der Waals surface area contributed by atoms with Crippen molar-refractivity contribution in [3.05, 3.63) is 56.2 Å². The highest BCUT2D eigenvalue weighted by molar-refractivity contribution is 7.98. The number of nitrogens with zero attached hydrogens (tertiary/aromatic N) is 4. The van der Waals surface area contributed by atoms with Gasteiger partial charge in [0.15, 0.2) is 5.16 Å². The molecule has 0 fully saturated rings. The van der Waals surface area contributed by atoms with Gasteiger partial charge in [-0.25, -0.2) is 4.98 Å². The molecule has 0 bridgehead atoms. The molecule has 0 spiro atoms. The molecule has 0 atom stereocenters. The lowest BCUT2D eigenvalue weighted by molar-refractivity contribution is 0.391. The first-order valence-corrected chi connectivity index (χ1v) is 12.1. The Kier molecular flexibility index (Phi) is 5.11. The number of fused-ring (bicyclic) bond motifs is 3. The Labute approximate surface area is 179 Å². The lowest BCUT2D eigenvalue weighted by Gasteiger charge is -2.11. The first-order valence-electron chi connectivity index (χ1n) is 9.38. The summed E-state index contributed by atoms with van der Waals surface area (Å²) in [5.41, 5.74) is 2.18. The van der Waals surface area contributed by atoms with Crippen molar-refractivity contribution < 1.29 is 4.52 Å². The van der Waals surface area contributed by atoms with E-state index in [4.69, 9.17) is 9.51 Å². The van der Waals surface area contributed by atoms with Crippen molar-refractivity contribution in [3.63, 3.8) is 0 Å². The molecule has 9 heteroatoms. The molecule has 1 aliphatic rings. The van der Waals surface area contributed by atoms with Gasteiger partial charge in [0.1, 0.15) is 4.83 Å². The van der Waals surface area contributed by atoms with Crippen molar-refractivity contribution >= 4 is 44.7 Å². The summed E-state index contributed by atoms with van der Waals surface area (Å²) in [5.74, 6) is 1.55. The number of thioether (sulfide) groups is 1. The maximum Gasteiger partial charge on any atom is 0.263 e. The number of aryl methyl sites for hydroxylation is 2. The van der Waals surface area contributed by atoms with Crippen molar-refractivity contribution in [2.45, 2.75) is 43.1 Å². The van der Waals surface area contributed by atoms with Gasteiger partial charge in [-0.2, -0.15) is 16.3 Å². The fraction of sp³-hybridized carbons (Fsp3) is 0.300. The van der Waals surface area contributed by atoms with Crippen LogP contribution < -0.4 is 5.56 Å². The normalized spacial score (nSPS) is 13.7. The van der Waals surface area contributed by atoms with Crippen LogP contribution >= 0.6 is 34.4 Å². The van der Waals surface area contributed by atoms with Gasteiger partial charge in [0, 0.05) is 22.4 Å². The Hall–Kier alpha value is -2.23. The average Bonchev–Trinajstić information content (AvgIpc) is 3.47. The molecule has 0 saturated carbocycles. The van der Waals surface area contributed by atoms with Gasteiger partial charge in [-0.15, -0.1) is 17.9 Å². The average molecular weight is 443 g/mol. The first-order chi connectivity index (χ1) is 14.2. The van der Waals surface area contributed by atoms with E-state index in [0.29, 0.717) is 29.2 Å². The third-order valence-corrected chi connectivity index (χ3v) is 7.75. The first kappa shape index (κ1) is 18.8. The summed E-state index contributed by atoms with van der Waals surface area (Å²) in [6.45, 7) is 4.24. The molecule has 4 aromatic rings. The van der Waals surface area contributed by atoms with E-state index in [-0.39, 0.29) is 5.56 Å². The minimum atomic E-state index is 0.0290. The second-order valence-corrected chi connectivity index (χ2v) is 9.61. The van der Waals surface area contributed by atoms with Crippen LogP contribution in [0.3, 0.4) is 0 Å². The number of hydrogen-bond acceptors (Lipinski definition) is 8. The quantitative estimate of drug-likeness (QED) is 0.240. The zero-order chi connectivity index (χ0) is 19.8. The Morgan fingerprint density at radius 2 is 2.21 bits per heavy atom. The molecular formula is C20H18N4O2S3. The van der Waals surface area contributed by atoms with Gasteiger partial charge in [0.05, 0.1) is 11.1 Å². The van der Waals surface area contributed by atoms with Gasteiger partial charge in [-0.1, -0.05) is 23.0 Å². The number of allylic oxidation sites excluding steroid dienone is 1. The minimum absolute atomic E-state index is 0.0290. The van der Waals surface area contributed by atoms with Crippen molar-refractivity contribution in [3.8, 4) is 11.4 Å². The molecule has 5 rings (SSSR count). The van der Waals surface area contributed by atoms with Gasteiger partial charge in [-0.3, -0.25) is 9.36 Å². The second-order valence-electron chi connectivity index (χ2n) is 6.80. The maximum absolute atomic E-state index is 13.3. The van der Waals surface area contributed by atoms with Crippen molar-refractivity contribution in [2.24, 2.45) is 0 Å². The lowest BCUT2D eigenvalue weighted by atomic mass is 9.97. The van der Waals surface area contributed by atoms with E-state index in [1.165, 1.54) is 28.6 Å². The molecule has 4 heterocycles. The van der Waals surface area contributed by atoms with Crippen LogP contribution in [-0.2, 0) is 25.1 Å². The van der Waals surface area contributed by atoms with E-state index in [0.717, 1.165) is 35.0 Å². The summed E-state index contributed by atoms with van der Waals surface area (Å²) in [6.07, 6.45) is 6.08. The molecule has 0 unspecified atom stereocenters. The van der Waals surface area contributed by atoms with Gasteiger partial charge >= 0.3 is 0 Å². The van der Waals surface area contributed by atoms with Gasteiger partial charge in [0.2, 0.25) is 11.7 Å². The summed E-state index contributed by atoms with van der Waals surface area (Å²) < 4.78 is 7.09. The summed E-state index contributed by atoms with van der Waals surface area (Å²) in [7, 11) is 0. The fourth-order valence-corrected chi connectivity index (χ4v) is 6.35. The highest BCUT2D eigenvalue weighted by atomic mass is 32.2.